The number of nitrogens with zero attached hydrogens (tertiary/aromatic N) is 1. The third-order valence-corrected chi connectivity index (χ3v) is 5.38. The molecule has 2 unspecified atom stereocenters. The van der Waals surface area contributed by atoms with Crippen molar-refractivity contribution in [2.45, 2.75) is 64.3 Å². The first-order valence-electron chi connectivity index (χ1n) is 8.10. The third-order valence-electron chi connectivity index (χ3n) is 5.38. The molecule has 2 fully saturated rings. The van der Waals surface area contributed by atoms with Gasteiger partial charge in [0.2, 0.25) is 5.91 Å². The molecule has 2 rings (SSSR count). The molecule has 0 aromatic heterocycles. The topological polar surface area (TPSA) is 46.3 Å². The van der Waals surface area contributed by atoms with Crippen molar-refractivity contribution in [3.05, 3.63) is 0 Å². The number of hydrogen-bond donors (Lipinski definition) is 1. The van der Waals surface area contributed by atoms with Crippen LogP contribution >= 0.6 is 0 Å². The molecule has 2 saturated carbocycles. The van der Waals surface area contributed by atoms with E-state index in [-0.39, 0.29) is 5.92 Å². The zero-order valence-corrected chi connectivity index (χ0v) is 12.6. The lowest BCUT2D eigenvalue weighted by atomic mass is 9.80. The van der Waals surface area contributed by atoms with E-state index < -0.39 is 0 Å². The van der Waals surface area contributed by atoms with Gasteiger partial charge in [-0.2, -0.15) is 0 Å². The van der Waals surface area contributed by atoms with Gasteiger partial charge in [0.15, 0.2) is 0 Å². The van der Waals surface area contributed by atoms with Gasteiger partial charge in [0.1, 0.15) is 0 Å². The fraction of sp³-hybridized carbons (Fsp3) is 0.938. The Morgan fingerprint density at radius 2 is 1.74 bits per heavy atom. The summed E-state index contributed by atoms with van der Waals surface area (Å²) in [5.41, 5.74) is 5.89. The Kier molecular flexibility index (Phi) is 5.26. The van der Waals surface area contributed by atoms with Crippen molar-refractivity contribution < 1.29 is 4.79 Å². The lowest BCUT2D eigenvalue weighted by Crippen LogP contribution is -2.48. The van der Waals surface area contributed by atoms with Crippen LogP contribution in [0.1, 0.15) is 58.3 Å². The number of hydrogen-bond acceptors (Lipinski definition) is 2. The molecule has 0 aromatic carbocycles. The van der Waals surface area contributed by atoms with E-state index >= 15 is 0 Å². The molecule has 1 amide bonds. The van der Waals surface area contributed by atoms with Crippen molar-refractivity contribution in [3.63, 3.8) is 0 Å². The van der Waals surface area contributed by atoms with Crippen LogP contribution in [0.2, 0.25) is 0 Å². The van der Waals surface area contributed by atoms with Crippen molar-refractivity contribution in [2.24, 2.45) is 23.5 Å². The van der Waals surface area contributed by atoms with Crippen molar-refractivity contribution in [1.29, 1.82) is 0 Å². The van der Waals surface area contributed by atoms with E-state index in [4.69, 9.17) is 5.73 Å². The highest BCUT2D eigenvalue weighted by atomic mass is 16.2. The summed E-state index contributed by atoms with van der Waals surface area (Å²) in [7, 11) is 2.01. The molecule has 2 aliphatic carbocycles. The molecule has 0 spiro atoms. The predicted molar refractivity (Wildman–Crippen MR) is 78.7 cm³/mol. The van der Waals surface area contributed by atoms with Gasteiger partial charge in [0, 0.05) is 19.0 Å². The van der Waals surface area contributed by atoms with Crippen LogP contribution in [-0.4, -0.2) is 30.4 Å². The van der Waals surface area contributed by atoms with Crippen LogP contribution in [-0.2, 0) is 4.79 Å². The summed E-state index contributed by atoms with van der Waals surface area (Å²) < 4.78 is 0. The van der Waals surface area contributed by atoms with Gasteiger partial charge in [0.25, 0.3) is 0 Å². The minimum Gasteiger partial charge on any atom is -0.342 e. The summed E-state index contributed by atoms with van der Waals surface area (Å²) >= 11 is 0. The fourth-order valence-electron chi connectivity index (χ4n) is 3.93. The molecule has 2 N–H and O–H groups in total. The van der Waals surface area contributed by atoms with Gasteiger partial charge >= 0.3 is 0 Å². The molecule has 110 valence electrons. The summed E-state index contributed by atoms with van der Waals surface area (Å²) in [4.78, 5) is 14.7. The zero-order valence-electron chi connectivity index (χ0n) is 12.6. The van der Waals surface area contributed by atoms with Gasteiger partial charge in [0.05, 0.1) is 0 Å². The molecule has 0 radical (unpaired) electrons. The van der Waals surface area contributed by atoms with Gasteiger partial charge in [-0.3, -0.25) is 4.79 Å². The number of carbonyl (C=O) groups excluding carboxylic acids is 1. The second-order valence-electron chi connectivity index (χ2n) is 6.75. The Labute approximate surface area is 117 Å². The van der Waals surface area contributed by atoms with Gasteiger partial charge < -0.3 is 10.6 Å². The maximum absolute atomic E-state index is 12.7. The van der Waals surface area contributed by atoms with Gasteiger partial charge in [-0.15, -0.1) is 0 Å². The first-order valence-corrected chi connectivity index (χ1v) is 8.10. The van der Waals surface area contributed by atoms with Crippen molar-refractivity contribution in [1.82, 2.24) is 4.90 Å². The molecule has 0 heterocycles. The highest BCUT2D eigenvalue weighted by Gasteiger charge is 2.33. The predicted octanol–water partition coefficient (Wildman–Crippen LogP) is 2.79. The Bertz CT molecular complexity index is 297. The van der Waals surface area contributed by atoms with Gasteiger partial charge in [-0.05, 0) is 56.9 Å². The second kappa shape index (κ2) is 6.74. The molecule has 3 nitrogen and oxygen atoms in total. The molecule has 2 atom stereocenters. The van der Waals surface area contributed by atoms with Crippen LogP contribution in [0.4, 0.5) is 0 Å². The molecular weight excluding hydrogens is 236 g/mol. The van der Waals surface area contributed by atoms with E-state index in [0.29, 0.717) is 17.9 Å². The summed E-state index contributed by atoms with van der Waals surface area (Å²) in [5, 5.41) is 0. The maximum Gasteiger partial charge on any atom is 0.225 e. The number of rotatable bonds is 3. The Hall–Kier alpha value is -0.570. The average molecular weight is 266 g/mol. The largest absolute Gasteiger partial charge is 0.342 e. The molecule has 0 bridgehead atoms. The van der Waals surface area contributed by atoms with E-state index in [1.54, 1.807) is 0 Å². The number of nitrogens with two attached hydrogens (primary N) is 1. The third kappa shape index (κ3) is 3.50. The Balaban J connectivity index is 1.93. The molecule has 0 aliphatic heterocycles. The van der Waals surface area contributed by atoms with E-state index in [9.17, 15) is 4.79 Å². The van der Waals surface area contributed by atoms with E-state index in [2.05, 4.69) is 11.8 Å². The highest BCUT2D eigenvalue weighted by Crippen LogP contribution is 2.32. The van der Waals surface area contributed by atoms with Crippen molar-refractivity contribution >= 4 is 5.91 Å². The summed E-state index contributed by atoms with van der Waals surface area (Å²) in [6.45, 7) is 3.03. The van der Waals surface area contributed by atoms with Crippen LogP contribution in [0.15, 0.2) is 0 Å². The minimum atomic E-state index is 0.279. The van der Waals surface area contributed by atoms with Crippen LogP contribution in [0, 0.1) is 17.8 Å². The SMILES string of the molecule is CC1CCC(C(=O)N(C)C2CCCCC2CN)CC1. The Morgan fingerprint density at radius 3 is 2.37 bits per heavy atom. The fourth-order valence-corrected chi connectivity index (χ4v) is 3.93. The van der Waals surface area contributed by atoms with E-state index in [1.165, 1.54) is 32.1 Å². The molecule has 0 aromatic rings. The van der Waals surface area contributed by atoms with Crippen molar-refractivity contribution in [2.75, 3.05) is 13.6 Å². The van der Waals surface area contributed by atoms with Crippen LogP contribution in [0.3, 0.4) is 0 Å². The second-order valence-corrected chi connectivity index (χ2v) is 6.75. The molecular formula is C16H30N2O. The minimum absolute atomic E-state index is 0.279. The van der Waals surface area contributed by atoms with E-state index in [1.807, 2.05) is 7.05 Å². The smallest absolute Gasteiger partial charge is 0.225 e. The van der Waals surface area contributed by atoms with Crippen molar-refractivity contribution in [3.8, 4) is 0 Å². The van der Waals surface area contributed by atoms with Gasteiger partial charge in [-0.25, -0.2) is 0 Å². The van der Waals surface area contributed by atoms with Crippen LogP contribution in [0.5, 0.6) is 0 Å². The van der Waals surface area contributed by atoms with Crippen LogP contribution in [0.25, 0.3) is 0 Å². The summed E-state index contributed by atoms with van der Waals surface area (Å²) in [6, 6.07) is 0.394. The molecule has 0 saturated heterocycles. The molecule has 2 aliphatic rings. The zero-order chi connectivity index (χ0) is 13.8. The number of amides is 1. The standard InChI is InChI=1S/C16H30N2O/c1-12-7-9-13(10-8-12)16(19)18(2)15-6-4-3-5-14(15)11-17/h12-15H,3-11,17H2,1-2H3. The average Bonchev–Trinajstić information content (AvgIpc) is 2.46. The summed E-state index contributed by atoms with van der Waals surface area (Å²) in [6.07, 6.45) is 9.48. The molecule has 3 heteroatoms. The summed E-state index contributed by atoms with van der Waals surface area (Å²) in [5.74, 6) is 1.99. The first kappa shape index (κ1) is 14.8. The monoisotopic (exact) mass is 266 g/mol. The first-order chi connectivity index (χ1) is 9.13. The lowest BCUT2D eigenvalue weighted by molar-refractivity contribution is -0.139. The quantitative estimate of drug-likeness (QED) is 0.854. The molecule has 19 heavy (non-hydrogen) atoms. The van der Waals surface area contributed by atoms with E-state index in [0.717, 1.165) is 31.7 Å². The Morgan fingerprint density at radius 1 is 1.11 bits per heavy atom. The number of carbonyl (C=O) groups is 1. The highest BCUT2D eigenvalue weighted by molar-refractivity contribution is 5.79. The van der Waals surface area contributed by atoms with Crippen LogP contribution < -0.4 is 5.73 Å². The maximum atomic E-state index is 12.7. The van der Waals surface area contributed by atoms with Gasteiger partial charge in [-0.1, -0.05) is 19.8 Å². The normalized spacial score (nSPS) is 35.9. The lowest BCUT2D eigenvalue weighted by Gasteiger charge is -2.40.